The van der Waals surface area contributed by atoms with Crippen molar-refractivity contribution in [2.45, 2.75) is 24.9 Å². The van der Waals surface area contributed by atoms with Crippen LogP contribution in [0.25, 0.3) is 10.9 Å². The molecule has 2 atom stereocenters. The number of carbonyl (C=O) groups excluding carboxylic acids is 2. The van der Waals surface area contributed by atoms with Crippen molar-refractivity contribution in [3.8, 4) is 0 Å². The predicted octanol–water partition coefficient (Wildman–Crippen LogP) is 4.99. The van der Waals surface area contributed by atoms with Gasteiger partial charge in [-0.3, -0.25) is 4.79 Å². The van der Waals surface area contributed by atoms with Gasteiger partial charge in [0.15, 0.2) is 0 Å². The van der Waals surface area contributed by atoms with E-state index in [0.717, 1.165) is 33.3 Å². The van der Waals surface area contributed by atoms with E-state index in [4.69, 9.17) is 4.74 Å². The smallest absolute Gasteiger partial charge is 0.354 e. The Bertz CT molecular complexity index is 1510. The number of aromatic amines is 1. The van der Waals surface area contributed by atoms with Crippen LogP contribution >= 0.6 is 0 Å². The summed E-state index contributed by atoms with van der Waals surface area (Å²) in [5, 5.41) is 4.44. The normalized spacial score (nSPS) is 20.4. The van der Waals surface area contributed by atoms with Gasteiger partial charge in [0.1, 0.15) is 17.7 Å². The molecule has 0 radical (unpaired) electrons. The molecule has 1 amide bonds. The number of ether oxygens (including phenoxy) is 1. The second kappa shape index (κ2) is 7.70. The first kappa shape index (κ1) is 21.4. The van der Waals surface area contributed by atoms with E-state index in [1.165, 1.54) is 19.2 Å². The Morgan fingerprint density at radius 2 is 1.86 bits per heavy atom. The van der Waals surface area contributed by atoms with Crippen molar-refractivity contribution in [2.75, 3.05) is 19.0 Å². The zero-order valence-electron chi connectivity index (χ0n) is 19.4. The maximum Gasteiger partial charge on any atom is 0.354 e. The lowest BCUT2D eigenvalue weighted by Gasteiger charge is -2.33. The molecular weight excluding hydrogens is 445 g/mol. The summed E-state index contributed by atoms with van der Waals surface area (Å²) in [6, 6.07) is 19.9. The van der Waals surface area contributed by atoms with Crippen LogP contribution in [-0.4, -0.2) is 41.6 Å². The van der Waals surface area contributed by atoms with Gasteiger partial charge in [0.05, 0.1) is 18.1 Å². The van der Waals surface area contributed by atoms with Crippen molar-refractivity contribution in [3.63, 3.8) is 0 Å². The van der Waals surface area contributed by atoms with Crippen LogP contribution in [0.15, 0.2) is 66.7 Å². The van der Waals surface area contributed by atoms with Crippen molar-refractivity contribution in [1.29, 1.82) is 0 Å². The SMILES string of the molecule is COC(=O)c1[nH]c2ccc(C)cc2c1[C@]12CCN(C(=O)c3ccccc3F)[C@H]1Nc1ccccc12. The molecule has 3 aromatic carbocycles. The minimum absolute atomic E-state index is 0.0315. The largest absolute Gasteiger partial charge is 0.464 e. The van der Waals surface area contributed by atoms with Crippen LogP contribution in [0.1, 0.15) is 44.0 Å². The van der Waals surface area contributed by atoms with Crippen molar-refractivity contribution in [1.82, 2.24) is 9.88 Å². The fourth-order valence-electron chi connectivity index (χ4n) is 5.89. The number of likely N-dealkylation sites (tertiary alicyclic amines) is 1. The number of nitrogens with zero attached hydrogens (tertiary/aromatic N) is 1. The molecule has 1 saturated heterocycles. The number of hydrogen-bond donors (Lipinski definition) is 2. The van der Waals surface area contributed by atoms with Crippen LogP contribution in [0.5, 0.6) is 0 Å². The van der Waals surface area contributed by atoms with Gasteiger partial charge < -0.3 is 19.9 Å². The van der Waals surface area contributed by atoms with Gasteiger partial charge in [0.2, 0.25) is 0 Å². The monoisotopic (exact) mass is 469 g/mol. The topological polar surface area (TPSA) is 74.4 Å². The maximum absolute atomic E-state index is 14.6. The number of methoxy groups -OCH3 is 1. The summed E-state index contributed by atoms with van der Waals surface area (Å²) in [4.78, 5) is 31.6. The fraction of sp³-hybridized carbons (Fsp3) is 0.214. The van der Waals surface area contributed by atoms with E-state index in [2.05, 4.69) is 16.4 Å². The Labute approximate surface area is 201 Å². The highest BCUT2D eigenvalue weighted by Gasteiger charge is 2.58. The zero-order chi connectivity index (χ0) is 24.3. The maximum atomic E-state index is 14.6. The standard InChI is InChI=1S/C28H24FN3O3/c1-16-11-12-21-18(15-16)23(24(30-21)26(34)35-2)28-13-14-32(25(33)17-7-3-5-9-20(17)29)27(28)31-22-10-6-4-8-19(22)28/h3-12,15,27,30-31H,13-14H2,1-2H3/t27-,28-/m1/s1. The number of nitrogens with one attached hydrogen (secondary N) is 2. The first-order valence-electron chi connectivity index (χ1n) is 11.6. The van der Waals surface area contributed by atoms with Gasteiger partial charge in [-0.05, 0) is 49.2 Å². The summed E-state index contributed by atoms with van der Waals surface area (Å²) in [7, 11) is 1.36. The minimum Gasteiger partial charge on any atom is -0.464 e. The number of anilines is 1. The second-order valence-electron chi connectivity index (χ2n) is 9.21. The number of para-hydroxylation sites is 1. The number of halogens is 1. The average Bonchev–Trinajstić information content (AvgIpc) is 3.52. The Morgan fingerprint density at radius 1 is 1.09 bits per heavy atom. The number of hydrogen-bond acceptors (Lipinski definition) is 4. The highest BCUT2D eigenvalue weighted by Crippen LogP contribution is 2.55. The molecule has 35 heavy (non-hydrogen) atoms. The second-order valence-corrected chi connectivity index (χ2v) is 9.21. The highest BCUT2D eigenvalue weighted by molar-refractivity contribution is 6.01. The lowest BCUT2D eigenvalue weighted by Crippen LogP contribution is -2.47. The third-order valence-electron chi connectivity index (χ3n) is 7.38. The summed E-state index contributed by atoms with van der Waals surface area (Å²) in [5.74, 6) is -1.40. The van der Waals surface area contributed by atoms with Crippen LogP contribution in [0.3, 0.4) is 0 Å². The number of fused-ring (bicyclic) bond motifs is 4. The minimum atomic E-state index is -0.729. The summed E-state index contributed by atoms with van der Waals surface area (Å²) in [6.45, 7) is 2.41. The number of H-pyrrole nitrogens is 1. The Balaban J connectivity index is 1.61. The van der Waals surface area contributed by atoms with E-state index in [1.54, 1.807) is 17.0 Å². The fourth-order valence-corrected chi connectivity index (χ4v) is 5.89. The van der Waals surface area contributed by atoms with Gasteiger partial charge in [-0.15, -0.1) is 0 Å². The zero-order valence-corrected chi connectivity index (χ0v) is 19.4. The van der Waals surface area contributed by atoms with E-state index < -0.39 is 23.4 Å². The van der Waals surface area contributed by atoms with E-state index in [1.807, 2.05) is 43.3 Å². The lowest BCUT2D eigenvalue weighted by atomic mass is 9.72. The number of rotatable bonds is 3. The van der Waals surface area contributed by atoms with Gasteiger partial charge in [-0.25, -0.2) is 9.18 Å². The number of amides is 1. The molecule has 2 N–H and O–H groups in total. The summed E-state index contributed by atoms with van der Waals surface area (Å²) >= 11 is 0. The molecular formula is C28H24FN3O3. The molecule has 3 heterocycles. The van der Waals surface area contributed by atoms with E-state index in [9.17, 15) is 14.0 Å². The van der Waals surface area contributed by atoms with E-state index in [-0.39, 0.29) is 11.5 Å². The molecule has 0 unspecified atom stereocenters. The Hall–Kier alpha value is -4.13. The van der Waals surface area contributed by atoms with Gasteiger partial charge >= 0.3 is 5.97 Å². The third kappa shape index (κ3) is 2.94. The van der Waals surface area contributed by atoms with Crippen molar-refractivity contribution in [2.24, 2.45) is 0 Å². The molecule has 2 aliphatic rings. The molecule has 6 nitrogen and oxygen atoms in total. The molecule has 0 spiro atoms. The molecule has 1 aromatic heterocycles. The average molecular weight is 470 g/mol. The third-order valence-corrected chi connectivity index (χ3v) is 7.38. The van der Waals surface area contributed by atoms with Crippen molar-refractivity contribution >= 4 is 28.5 Å². The predicted molar refractivity (Wildman–Crippen MR) is 131 cm³/mol. The summed E-state index contributed by atoms with van der Waals surface area (Å²) in [6.07, 6.45) is 0.0576. The molecule has 7 heteroatoms. The summed E-state index contributed by atoms with van der Waals surface area (Å²) in [5.41, 5.74) is 4.24. The van der Waals surface area contributed by atoms with Gasteiger partial charge in [-0.2, -0.15) is 0 Å². The van der Waals surface area contributed by atoms with Gasteiger partial charge in [-0.1, -0.05) is 42.0 Å². The first-order valence-corrected chi connectivity index (χ1v) is 11.6. The molecule has 0 saturated carbocycles. The number of carbonyl (C=O) groups is 2. The van der Waals surface area contributed by atoms with Gasteiger partial charge in [0, 0.05) is 28.7 Å². The number of aryl methyl sites for hydroxylation is 1. The highest BCUT2D eigenvalue weighted by atomic mass is 19.1. The molecule has 2 aliphatic heterocycles. The number of esters is 1. The Morgan fingerprint density at radius 3 is 2.66 bits per heavy atom. The number of benzene rings is 3. The van der Waals surface area contributed by atoms with Crippen LogP contribution in [0.4, 0.5) is 10.1 Å². The molecule has 176 valence electrons. The molecule has 6 rings (SSSR count). The number of aromatic nitrogens is 1. The quantitative estimate of drug-likeness (QED) is 0.415. The molecule has 0 bridgehead atoms. The summed E-state index contributed by atoms with van der Waals surface area (Å²) < 4.78 is 19.8. The first-order chi connectivity index (χ1) is 17.0. The van der Waals surface area contributed by atoms with E-state index >= 15 is 0 Å². The van der Waals surface area contributed by atoms with Gasteiger partial charge in [0.25, 0.3) is 5.91 Å². The molecule has 4 aromatic rings. The van der Waals surface area contributed by atoms with Crippen LogP contribution < -0.4 is 5.32 Å². The van der Waals surface area contributed by atoms with Crippen molar-refractivity contribution in [3.05, 3.63) is 100 Å². The van der Waals surface area contributed by atoms with Crippen LogP contribution in [0, 0.1) is 12.7 Å². The van der Waals surface area contributed by atoms with Crippen LogP contribution in [-0.2, 0) is 10.2 Å². The van der Waals surface area contributed by atoms with Crippen LogP contribution in [0.2, 0.25) is 0 Å². The Kier molecular flexibility index (Phi) is 4.71. The molecule has 1 fully saturated rings. The molecule has 0 aliphatic carbocycles. The van der Waals surface area contributed by atoms with Crippen molar-refractivity contribution < 1.29 is 18.7 Å². The lowest BCUT2D eigenvalue weighted by molar-refractivity contribution is 0.0592. The van der Waals surface area contributed by atoms with E-state index in [0.29, 0.717) is 18.7 Å².